The number of piperazine rings is 1. The molecule has 1 heterocycles. The summed E-state index contributed by atoms with van der Waals surface area (Å²) in [6.45, 7) is 10.1. The van der Waals surface area contributed by atoms with Gasteiger partial charge in [-0.25, -0.2) is 0 Å². The second-order valence-corrected chi connectivity index (χ2v) is 4.79. The van der Waals surface area contributed by atoms with Crippen molar-refractivity contribution in [1.29, 1.82) is 0 Å². The highest BCUT2D eigenvalue weighted by molar-refractivity contribution is 4.86. The van der Waals surface area contributed by atoms with E-state index in [0.717, 1.165) is 13.2 Å². The van der Waals surface area contributed by atoms with Crippen LogP contribution in [0, 0.1) is 0 Å². The number of hydrogen-bond donors (Lipinski definition) is 1. The van der Waals surface area contributed by atoms with Crippen LogP contribution in [0.2, 0.25) is 0 Å². The lowest BCUT2D eigenvalue weighted by Crippen LogP contribution is -2.57. The fourth-order valence-corrected chi connectivity index (χ4v) is 2.02. The summed E-state index contributed by atoms with van der Waals surface area (Å²) in [7, 11) is 1.77. The summed E-state index contributed by atoms with van der Waals surface area (Å²) < 4.78 is 5.04. The van der Waals surface area contributed by atoms with Gasteiger partial charge in [0.05, 0.1) is 0 Å². The van der Waals surface area contributed by atoms with Gasteiger partial charge in [-0.3, -0.25) is 0 Å². The average Bonchev–Trinajstić information content (AvgIpc) is 2.11. The van der Waals surface area contributed by atoms with Gasteiger partial charge in [0, 0.05) is 38.9 Å². The van der Waals surface area contributed by atoms with E-state index >= 15 is 0 Å². The number of ether oxygens (including phenoxy) is 1. The highest BCUT2D eigenvalue weighted by Crippen LogP contribution is 2.10. The Hall–Kier alpha value is -0.120. The van der Waals surface area contributed by atoms with Gasteiger partial charge in [-0.15, -0.1) is 0 Å². The average molecular weight is 200 g/mol. The third-order valence-electron chi connectivity index (χ3n) is 2.72. The van der Waals surface area contributed by atoms with Crippen molar-refractivity contribution in [3.8, 4) is 0 Å². The summed E-state index contributed by atoms with van der Waals surface area (Å²) in [4.78, 5) is 2.55. The van der Waals surface area contributed by atoms with Crippen LogP contribution in [-0.4, -0.2) is 50.3 Å². The molecule has 1 aliphatic rings. The fourth-order valence-electron chi connectivity index (χ4n) is 2.02. The summed E-state index contributed by atoms with van der Waals surface area (Å²) in [6, 6.07) is 0. The minimum absolute atomic E-state index is 0.291. The van der Waals surface area contributed by atoms with Crippen molar-refractivity contribution < 1.29 is 4.74 Å². The van der Waals surface area contributed by atoms with Gasteiger partial charge in [0.15, 0.2) is 0 Å². The Balaban J connectivity index is 2.12. The SMILES string of the molecule is COCCCCN1CCNC(C)(C)C1. The van der Waals surface area contributed by atoms with Crippen LogP contribution < -0.4 is 5.32 Å². The molecule has 0 aromatic rings. The van der Waals surface area contributed by atoms with E-state index in [1.807, 2.05) is 0 Å². The van der Waals surface area contributed by atoms with E-state index in [1.165, 1.54) is 32.5 Å². The maximum Gasteiger partial charge on any atom is 0.0462 e. The van der Waals surface area contributed by atoms with Gasteiger partial charge in [0.2, 0.25) is 0 Å². The molecular weight excluding hydrogens is 176 g/mol. The predicted molar refractivity (Wildman–Crippen MR) is 59.6 cm³/mol. The Morgan fingerprint density at radius 3 is 2.79 bits per heavy atom. The first-order chi connectivity index (χ1) is 6.64. The molecule has 1 N–H and O–H groups in total. The number of methoxy groups -OCH3 is 1. The zero-order valence-corrected chi connectivity index (χ0v) is 9.81. The molecule has 1 fully saturated rings. The molecule has 0 amide bonds. The molecule has 0 atom stereocenters. The van der Waals surface area contributed by atoms with E-state index in [-0.39, 0.29) is 0 Å². The fraction of sp³-hybridized carbons (Fsp3) is 1.00. The van der Waals surface area contributed by atoms with Crippen LogP contribution in [0.3, 0.4) is 0 Å². The number of nitrogens with one attached hydrogen (secondary N) is 1. The van der Waals surface area contributed by atoms with E-state index in [9.17, 15) is 0 Å². The van der Waals surface area contributed by atoms with Crippen molar-refractivity contribution >= 4 is 0 Å². The number of unbranched alkanes of at least 4 members (excludes halogenated alkanes) is 1. The minimum atomic E-state index is 0.291. The molecule has 0 bridgehead atoms. The largest absolute Gasteiger partial charge is 0.385 e. The molecule has 3 heteroatoms. The van der Waals surface area contributed by atoms with Crippen molar-refractivity contribution in [3.63, 3.8) is 0 Å². The zero-order chi connectivity index (χ0) is 10.4. The van der Waals surface area contributed by atoms with Gasteiger partial charge in [-0.2, -0.15) is 0 Å². The van der Waals surface area contributed by atoms with Crippen LogP contribution in [0.5, 0.6) is 0 Å². The molecule has 0 aliphatic carbocycles. The maximum atomic E-state index is 5.04. The van der Waals surface area contributed by atoms with E-state index in [2.05, 4.69) is 24.1 Å². The standard InChI is InChI=1S/C11H24N2O/c1-11(2)10-13(8-6-12-11)7-4-5-9-14-3/h12H,4-10H2,1-3H3. The summed E-state index contributed by atoms with van der Waals surface area (Å²) in [5, 5.41) is 3.52. The van der Waals surface area contributed by atoms with E-state index in [4.69, 9.17) is 4.74 Å². The van der Waals surface area contributed by atoms with E-state index in [1.54, 1.807) is 7.11 Å². The molecule has 3 nitrogen and oxygen atoms in total. The van der Waals surface area contributed by atoms with Crippen molar-refractivity contribution in [2.45, 2.75) is 32.2 Å². The lowest BCUT2D eigenvalue weighted by Gasteiger charge is -2.39. The molecule has 1 aliphatic heterocycles. The monoisotopic (exact) mass is 200 g/mol. The zero-order valence-electron chi connectivity index (χ0n) is 9.81. The third-order valence-corrected chi connectivity index (χ3v) is 2.72. The molecule has 0 saturated carbocycles. The highest BCUT2D eigenvalue weighted by Gasteiger charge is 2.24. The van der Waals surface area contributed by atoms with Crippen LogP contribution in [0.4, 0.5) is 0 Å². The quantitative estimate of drug-likeness (QED) is 0.673. The first-order valence-corrected chi connectivity index (χ1v) is 5.60. The van der Waals surface area contributed by atoms with Gasteiger partial charge in [-0.05, 0) is 33.2 Å². The van der Waals surface area contributed by atoms with Crippen molar-refractivity contribution in [2.75, 3.05) is 39.9 Å². The lowest BCUT2D eigenvalue weighted by molar-refractivity contribution is 0.143. The minimum Gasteiger partial charge on any atom is -0.385 e. The molecule has 1 saturated heterocycles. The molecule has 84 valence electrons. The maximum absolute atomic E-state index is 5.04. The van der Waals surface area contributed by atoms with Crippen LogP contribution in [0.15, 0.2) is 0 Å². The Morgan fingerprint density at radius 2 is 2.14 bits per heavy atom. The van der Waals surface area contributed by atoms with Crippen molar-refractivity contribution in [3.05, 3.63) is 0 Å². The third kappa shape index (κ3) is 4.40. The van der Waals surface area contributed by atoms with Gasteiger partial charge in [0.1, 0.15) is 0 Å². The van der Waals surface area contributed by atoms with Crippen molar-refractivity contribution in [2.24, 2.45) is 0 Å². The Kier molecular flexibility index (Phi) is 4.85. The summed E-state index contributed by atoms with van der Waals surface area (Å²) in [5.74, 6) is 0. The second-order valence-electron chi connectivity index (χ2n) is 4.79. The van der Waals surface area contributed by atoms with E-state index < -0.39 is 0 Å². The molecule has 0 unspecified atom stereocenters. The number of hydrogen-bond acceptors (Lipinski definition) is 3. The normalized spacial score (nSPS) is 22.5. The summed E-state index contributed by atoms with van der Waals surface area (Å²) >= 11 is 0. The Morgan fingerprint density at radius 1 is 1.36 bits per heavy atom. The molecule has 1 rings (SSSR count). The first kappa shape index (κ1) is 12.0. The molecular formula is C11H24N2O. The predicted octanol–water partition coefficient (Wildman–Crippen LogP) is 1.10. The van der Waals surface area contributed by atoms with Crippen LogP contribution in [-0.2, 0) is 4.74 Å². The molecule has 14 heavy (non-hydrogen) atoms. The second kappa shape index (κ2) is 5.69. The Labute approximate surface area is 87.8 Å². The van der Waals surface area contributed by atoms with Crippen LogP contribution in [0.25, 0.3) is 0 Å². The van der Waals surface area contributed by atoms with Gasteiger partial charge >= 0.3 is 0 Å². The Bertz CT molecular complexity index is 159. The number of rotatable bonds is 5. The van der Waals surface area contributed by atoms with Crippen molar-refractivity contribution in [1.82, 2.24) is 10.2 Å². The van der Waals surface area contributed by atoms with Crippen LogP contribution >= 0.6 is 0 Å². The smallest absolute Gasteiger partial charge is 0.0462 e. The molecule has 0 spiro atoms. The summed E-state index contributed by atoms with van der Waals surface area (Å²) in [6.07, 6.45) is 2.44. The lowest BCUT2D eigenvalue weighted by atomic mass is 10.0. The van der Waals surface area contributed by atoms with Gasteiger partial charge in [-0.1, -0.05) is 0 Å². The number of nitrogens with zero attached hydrogens (tertiary/aromatic N) is 1. The summed E-state index contributed by atoms with van der Waals surface area (Å²) in [5.41, 5.74) is 0.291. The van der Waals surface area contributed by atoms with E-state index in [0.29, 0.717) is 5.54 Å². The topological polar surface area (TPSA) is 24.5 Å². The highest BCUT2D eigenvalue weighted by atomic mass is 16.5. The first-order valence-electron chi connectivity index (χ1n) is 5.60. The van der Waals surface area contributed by atoms with Gasteiger partial charge < -0.3 is 15.0 Å². The molecule has 0 radical (unpaired) electrons. The molecule has 0 aromatic carbocycles. The van der Waals surface area contributed by atoms with Gasteiger partial charge in [0.25, 0.3) is 0 Å². The van der Waals surface area contributed by atoms with Crippen LogP contribution in [0.1, 0.15) is 26.7 Å². The molecule has 0 aromatic heterocycles.